The molecule has 1 saturated heterocycles. The molecule has 5 heteroatoms. The number of hydrogen-bond acceptors (Lipinski definition) is 5. The largest absolute Gasteiger partial charge is 0.370 e. The predicted molar refractivity (Wildman–Crippen MR) is 44.7 cm³/mol. The minimum absolute atomic E-state index is 0.0119. The summed E-state index contributed by atoms with van der Waals surface area (Å²) in [6, 6.07) is 0. The van der Waals surface area contributed by atoms with Crippen molar-refractivity contribution in [1.29, 1.82) is 0 Å². The van der Waals surface area contributed by atoms with Gasteiger partial charge in [0, 0.05) is 6.61 Å². The molecule has 1 aliphatic rings. The number of hydrogen-bond donors (Lipinski definition) is 1. The fraction of sp³-hybridized carbons (Fsp3) is 0.750. The summed E-state index contributed by atoms with van der Waals surface area (Å²) in [4.78, 5) is 4.12. The predicted octanol–water partition coefficient (Wildman–Crippen LogP) is 0.770. The van der Waals surface area contributed by atoms with Crippen LogP contribution in [0.2, 0.25) is 0 Å². The van der Waals surface area contributed by atoms with E-state index in [2.05, 4.69) is 10.1 Å². The Morgan fingerprint density at radius 1 is 1.46 bits per heavy atom. The van der Waals surface area contributed by atoms with Crippen LogP contribution in [0, 0.1) is 0 Å². The first-order valence-electron chi connectivity index (χ1n) is 4.54. The second-order valence-corrected chi connectivity index (χ2v) is 3.11. The molecule has 0 amide bonds. The Kier molecular flexibility index (Phi) is 2.56. The molecule has 2 N–H and O–H groups in total. The van der Waals surface area contributed by atoms with Gasteiger partial charge in [-0.2, -0.15) is 4.98 Å². The lowest BCUT2D eigenvalue weighted by Gasteiger charge is -2.18. The molecule has 5 nitrogen and oxygen atoms in total. The molecule has 1 aliphatic heterocycles. The van der Waals surface area contributed by atoms with Crippen LogP contribution in [0.15, 0.2) is 4.52 Å². The number of nitrogens with two attached hydrogens (primary N) is 1. The molecule has 2 heterocycles. The first-order chi connectivity index (χ1) is 6.40. The summed E-state index contributed by atoms with van der Waals surface area (Å²) < 4.78 is 10.4. The Balaban J connectivity index is 2.05. The molecule has 1 aromatic rings. The van der Waals surface area contributed by atoms with Gasteiger partial charge in [-0.05, 0) is 19.3 Å². The van der Waals surface area contributed by atoms with E-state index in [0.717, 1.165) is 25.9 Å². The molecule has 0 spiro atoms. The molecule has 1 fully saturated rings. The zero-order chi connectivity index (χ0) is 9.10. The maximum absolute atomic E-state index is 5.50. The van der Waals surface area contributed by atoms with E-state index in [1.807, 2.05) is 0 Å². The quantitative estimate of drug-likeness (QED) is 0.733. The molecule has 0 radical (unpaired) electrons. The van der Waals surface area contributed by atoms with E-state index < -0.39 is 0 Å². The highest BCUT2D eigenvalue weighted by atomic mass is 16.5. The van der Waals surface area contributed by atoms with Gasteiger partial charge in [-0.25, -0.2) is 0 Å². The highest BCUT2D eigenvalue weighted by Crippen LogP contribution is 2.25. The van der Waals surface area contributed by atoms with E-state index in [4.69, 9.17) is 15.0 Å². The topological polar surface area (TPSA) is 74.2 Å². The average molecular weight is 183 g/mol. The van der Waals surface area contributed by atoms with Gasteiger partial charge in [0.05, 0.1) is 6.54 Å². The van der Waals surface area contributed by atoms with E-state index >= 15 is 0 Å². The van der Waals surface area contributed by atoms with Gasteiger partial charge in [-0.3, -0.25) is 0 Å². The first kappa shape index (κ1) is 8.65. The van der Waals surface area contributed by atoms with E-state index in [1.54, 1.807) is 0 Å². The number of rotatable bonds is 2. The summed E-state index contributed by atoms with van der Waals surface area (Å²) in [5, 5.41) is 3.82. The normalized spacial score (nSPS) is 23.3. The van der Waals surface area contributed by atoms with Crippen LogP contribution in [0.1, 0.15) is 37.1 Å². The van der Waals surface area contributed by atoms with Crippen molar-refractivity contribution >= 4 is 0 Å². The first-order valence-corrected chi connectivity index (χ1v) is 4.54. The maximum atomic E-state index is 5.50. The fourth-order valence-electron chi connectivity index (χ4n) is 1.43. The van der Waals surface area contributed by atoms with Gasteiger partial charge in [0.1, 0.15) is 6.10 Å². The standard InChI is InChI=1S/C8H13N3O2/c9-5-7-10-8(11-13-7)6-3-1-2-4-12-6/h6H,1-5,9H2. The molecular formula is C8H13N3O2. The number of nitrogens with zero attached hydrogens (tertiary/aromatic N) is 2. The molecule has 2 rings (SSSR count). The number of ether oxygens (including phenoxy) is 1. The summed E-state index contributed by atoms with van der Waals surface area (Å²) >= 11 is 0. The second kappa shape index (κ2) is 3.85. The molecule has 13 heavy (non-hydrogen) atoms. The Bertz CT molecular complexity index is 268. The van der Waals surface area contributed by atoms with E-state index in [1.165, 1.54) is 0 Å². The number of aromatic nitrogens is 2. The van der Waals surface area contributed by atoms with Gasteiger partial charge in [0.2, 0.25) is 11.7 Å². The monoisotopic (exact) mass is 183 g/mol. The van der Waals surface area contributed by atoms with Crippen LogP contribution in [0.5, 0.6) is 0 Å². The molecular weight excluding hydrogens is 170 g/mol. The smallest absolute Gasteiger partial charge is 0.240 e. The molecule has 0 saturated carbocycles. The van der Waals surface area contributed by atoms with Crippen LogP contribution in [-0.4, -0.2) is 16.7 Å². The lowest BCUT2D eigenvalue weighted by atomic mass is 10.1. The van der Waals surface area contributed by atoms with Crippen LogP contribution < -0.4 is 5.73 Å². The lowest BCUT2D eigenvalue weighted by Crippen LogP contribution is -2.12. The average Bonchev–Trinajstić information content (AvgIpc) is 2.67. The van der Waals surface area contributed by atoms with E-state index in [-0.39, 0.29) is 6.10 Å². The van der Waals surface area contributed by atoms with Gasteiger partial charge in [-0.1, -0.05) is 5.16 Å². The van der Waals surface area contributed by atoms with Gasteiger partial charge in [-0.15, -0.1) is 0 Å². The highest BCUT2D eigenvalue weighted by Gasteiger charge is 2.21. The Hall–Kier alpha value is -0.940. The van der Waals surface area contributed by atoms with Gasteiger partial charge in [0.15, 0.2) is 0 Å². The van der Waals surface area contributed by atoms with Gasteiger partial charge < -0.3 is 15.0 Å². The van der Waals surface area contributed by atoms with E-state index in [0.29, 0.717) is 18.3 Å². The van der Waals surface area contributed by atoms with Crippen molar-refractivity contribution in [2.75, 3.05) is 6.61 Å². The third-order valence-corrected chi connectivity index (χ3v) is 2.13. The van der Waals surface area contributed by atoms with Crippen molar-refractivity contribution in [2.45, 2.75) is 31.9 Å². The zero-order valence-corrected chi connectivity index (χ0v) is 7.40. The summed E-state index contributed by atoms with van der Waals surface area (Å²) in [5.41, 5.74) is 5.36. The van der Waals surface area contributed by atoms with Crippen molar-refractivity contribution < 1.29 is 9.26 Å². The summed E-state index contributed by atoms with van der Waals surface area (Å²) in [5.74, 6) is 1.12. The minimum atomic E-state index is 0.0119. The van der Waals surface area contributed by atoms with Gasteiger partial charge >= 0.3 is 0 Å². The molecule has 0 bridgehead atoms. The SMILES string of the molecule is NCc1nc(C2CCCCO2)no1. The highest BCUT2D eigenvalue weighted by molar-refractivity contribution is 4.91. The zero-order valence-electron chi connectivity index (χ0n) is 7.40. The molecule has 1 atom stereocenters. The maximum Gasteiger partial charge on any atom is 0.240 e. The van der Waals surface area contributed by atoms with Crippen molar-refractivity contribution in [3.8, 4) is 0 Å². The fourth-order valence-corrected chi connectivity index (χ4v) is 1.43. The Morgan fingerprint density at radius 3 is 3.00 bits per heavy atom. The van der Waals surface area contributed by atoms with Gasteiger partial charge in [0.25, 0.3) is 0 Å². The van der Waals surface area contributed by atoms with Crippen LogP contribution >= 0.6 is 0 Å². The Morgan fingerprint density at radius 2 is 2.38 bits per heavy atom. The molecule has 1 unspecified atom stereocenters. The summed E-state index contributed by atoms with van der Waals surface area (Å²) in [6.07, 6.45) is 3.27. The van der Waals surface area contributed by atoms with E-state index in [9.17, 15) is 0 Å². The van der Waals surface area contributed by atoms with Crippen LogP contribution in [0.4, 0.5) is 0 Å². The van der Waals surface area contributed by atoms with Crippen molar-refractivity contribution in [1.82, 2.24) is 10.1 Å². The summed E-state index contributed by atoms with van der Waals surface area (Å²) in [6.45, 7) is 1.08. The molecule has 1 aromatic heterocycles. The van der Waals surface area contributed by atoms with Crippen LogP contribution in [-0.2, 0) is 11.3 Å². The van der Waals surface area contributed by atoms with Crippen molar-refractivity contribution in [3.05, 3.63) is 11.7 Å². The Labute approximate surface area is 76.3 Å². The van der Waals surface area contributed by atoms with Crippen molar-refractivity contribution in [2.24, 2.45) is 5.73 Å². The van der Waals surface area contributed by atoms with Crippen molar-refractivity contribution in [3.63, 3.8) is 0 Å². The van der Waals surface area contributed by atoms with Crippen LogP contribution in [0.25, 0.3) is 0 Å². The molecule has 72 valence electrons. The lowest BCUT2D eigenvalue weighted by molar-refractivity contribution is 0.00821. The third-order valence-electron chi connectivity index (χ3n) is 2.13. The molecule has 0 aliphatic carbocycles. The second-order valence-electron chi connectivity index (χ2n) is 3.11. The third kappa shape index (κ3) is 1.87. The minimum Gasteiger partial charge on any atom is -0.370 e. The van der Waals surface area contributed by atoms with Crippen LogP contribution in [0.3, 0.4) is 0 Å². The summed E-state index contributed by atoms with van der Waals surface area (Å²) in [7, 11) is 0. The molecule has 0 aromatic carbocycles.